The molecule has 3 heteroatoms. The second-order valence-electron chi connectivity index (χ2n) is 4.16. The van der Waals surface area contributed by atoms with E-state index < -0.39 is 0 Å². The van der Waals surface area contributed by atoms with E-state index in [9.17, 15) is 4.79 Å². The van der Waals surface area contributed by atoms with E-state index in [1.807, 2.05) is 54.6 Å². The molecule has 0 aromatic heterocycles. The molecule has 102 valence electrons. The van der Waals surface area contributed by atoms with Crippen molar-refractivity contribution < 1.29 is 14.3 Å². The summed E-state index contributed by atoms with van der Waals surface area (Å²) in [4.78, 5) is 12.0. The summed E-state index contributed by atoms with van der Waals surface area (Å²) in [6.45, 7) is 0. The molecular formula is C17H16O3. The van der Waals surface area contributed by atoms with Crippen molar-refractivity contribution in [2.75, 3.05) is 14.2 Å². The number of para-hydroxylation sites is 1. The molecule has 2 aromatic rings. The maximum Gasteiger partial charge on any atom is 0.338 e. The van der Waals surface area contributed by atoms with Crippen LogP contribution in [0.1, 0.15) is 11.1 Å². The largest absolute Gasteiger partial charge is 0.496 e. The van der Waals surface area contributed by atoms with Gasteiger partial charge < -0.3 is 9.47 Å². The van der Waals surface area contributed by atoms with E-state index in [-0.39, 0.29) is 5.97 Å². The Morgan fingerprint density at radius 2 is 1.60 bits per heavy atom. The molecule has 0 heterocycles. The van der Waals surface area contributed by atoms with Crippen LogP contribution in [0.3, 0.4) is 0 Å². The van der Waals surface area contributed by atoms with Gasteiger partial charge in [0.1, 0.15) is 5.75 Å². The van der Waals surface area contributed by atoms with E-state index in [0.717, 1.165) is 11.1 Å². The monoisotopic (exact) mass is 268 g/mol. The average Bonchev–Trinajstić information content (AvgIpc) is 2.53. The number of hydrogen-bond acceptors (Lipinski definition) is 3. The molecule has 0 aliphatic carbocycles. The number of carbonyl (C=O) groups is 1. The van der Waals surface area contributed by atoms with Crippen molar-refractivity contribution >= 4 is 17.6 Å². The molecule has 2 aromatic carbocycles. The van der Waals surface area contributed by atoms with E-state index >= 15 is 0 Å². The number of hydrogen-bond donors (Lipinski definition) is 0. The Kier molecular flexibility index (Phi) is 4.56. The molecule has 3 nitrogen and oxygen atoms in total. The third-order valence-corrected chi connectivity index (χ3v) is 2.93. The Balaban J connectivity index is 2.52. The van der Waals surface area contributed by atoms with Crippen molar-refractivity contribution in [1.29, 1.82) is 0 Å². The number of esters is 1. The van der Waals surface area contributed by atoms with Crippen LogP contribution < -0.4 is 4.74 Å². The summed E-state index contributed by atoms with van der Waals surface area (Å²) in [5, 5.41) is 0. The maximum atomic E-state index is 12.0. The van der Waals surface area contributed by atoms with Crippen molar-refractivity contribution in [3.8, 4) is 5.75 Å². The van der Waals surface area contributed by atoms with Crippen molar-refractivity contribution in [1.82, 2.24) is 0 Å². The summed E-state index contributed by atoms with van der Waals surface area (Å²) in [5.41, 5.74) is 2.14. The minimum Gasteiger partial charge on any atom is -0.496 e. The van der Waals surface area contributed by atoms with Gasteiger partial charge >= 0.3 is 5.97 Å². The fourth-order valence-corrected chi connectivity index (χ4v) is 1.93. The highest BCUT2D eigenvalue weighted by atomic mass is 16.5. The lowest BCUT2D eigenvalue weighted by Crippen LogP contribution is -2.04. The maximum absolute atomic E-state index is 12.0. The van der Waals surface area contributed by atoms with Crippen molar-refractivity contribution in [2.45, 2.75) is 0 Å². The first-order valence-corrected chi connectivity index (χ1v) is 6.24. The lowest BCUT2D eigenvalue weighted by atomic mass is 10.0. The number of benzene rings is 2. The van der Waals surface area contributed by atoms with Crippen LogP contribution in [0.5, 0.6) is 5.75 Å². The predicted octanol–water partition coefficient (Wildman–Crippen LogP) is 3.41. The quantitative estimate of drug-likeness (QED) is 0.484. The summed E-state index contributed by atoms with van der Waals surface area (Å²) in [6, 6.07) is 16.9. The Morgan fingerprint density at radius 1 is 0.950 bits per heavy atom. The van der Waals surface area contributed by atoms with Gasteiger partial charge in [0.05, 0.1) is 19.8 Å². The van der Waals surface area contributed by atoms with Gasteiger partial charge in [-0.25, -0.2) is 4.79 Å². The zero-order valence-electron chi connectivity index (χ0n) is 11.5. The second-order valence-corrected chi connectivity index (χ2v) is 4.16. The zero-order valence-corrected chi connectivity index (χ0v) is 11.5. The Bertz CT molecular complexity index is 615. The zero-order chi connectivity index (χ0) is 14.4. The van der Waals surface area contributed by atoms with Crippen LogP contribution in [-0.2, 0) is 9.53 Å². The molecule has 0 N–H and O–H groups in total. The highest BCUT2D eigenvalue weighted by Crippen LogP contribution is 2.25. The van der Waals surface area contributed by atoms with Gasteiger partial charge in [-0.1, -0.05) is 48.5 Å². The topological polar surface area (TPSA) is 35.5 Å². The van der Waals surface area contributed by atoms with Crippen LogP contribution in [-0.4, -0.2) is 20.2 Å². The third-order valence-electron chi connectivity index (χ3n) is 2.93. The Morgan fingerprint density at radius 3 is 2.25 bits per heavy atom. The molecule has 0 amide bonds. The van der Waals surface area contributed by atoms with Gasteiger partial charge in [-0.05, 0) is 17.7 Å². The molecule has 0 aliphatic heterocycles. The van der Waals surface area contributed by atoms with Gasteiger partial charge in [0.2, 0.25) is 0 Å². The van der Waals surface area contributed by atoms with Gasteiger partial charge in [-0.2, -0.15) is 0 Å². The van der Waals surface area contributed by atoms with E-state index in [4.69, 9.17) is 9.47 Å². The molecule has 0 saturated heterocycles. The molecule has 0 aliphatic rings. The summed E-state index contributed by atoms with van der Waals surface area (Å²) in [5.74, 6) is 0.340. The van der Waals surface area contributed by atoms with Gasteiger partial charge in [0.15, 0.2) is 0 Å². The Hall–Kier alpha value is -2.55. The molecule has 2 rings (SSSR count). The summed E-state index contributed by atoms with van der Waals surface area (Å²) >= 11 is 0. The molecule has 0 unspecified atom stereocenters. The van der Waals surface area contributed by atoms with Gasteiger partial charge in [0, 0.05) is 5.56 Å². The number of ether oxygens (including phenoxy) is 2. The van der Waals surface area contributed by atoms with Gasteiger partial charge in [-0.3, -0.25) is 0 Å². The van der Waals surface area contributed by atoms with Crippen LogP contribution in [0.15, 0.2) is 54.6 Å². The fraction of sp³-hybridized carbons (Fsp3) is 0.118. The van der Waals surface area contributed by atoms with Crippen LogP contribution in [0.4, 0.5) is 0 Å². The second kappa shape index (κ2) is 6.57. The molecule has 20 heavy (non-hydrogen) atoms. The number of rotatable bonds is 4. The number of methoxy groups -OCH3 is 2. The molecule has 0 fully saturated rings. The smallest absolute Gasteiger partial charge is 0.338 e. The normalized spacial score (nSPS) is 11.0. The van der Waals surface area contributed by atoms with E-state index in [2.05, 4.69) is 0 Å². The third kappa shape index (κ3) is 3.06. The molecule has 0 saturated carbocycles. The molecule has 0 spiro atoms. The average molecular weight is 268 g/mol. The molecular weight excluding hydrogens is 252 g/mol. The van der Waals surface area contributed by atoms with Crippen LogP contribution in [0.25, 0.3) is 11.6 Å². The van der Waals surface area contributed by atoms with Crippen LogP contribution in [0.2, 0.25) is 0 Å². The van der Waals surface area contributed by atoms with E-state index in [1.165, 1.54) is 7.11 Å². The van der Waals surface area contributed by atoms with E-state index in [1.54, 1.807) is 13.2 Å². The van der Waals surface area contributed by atoms with E-state index in [0.29, 0.717) is 11.3 Å². The lowest BCUT2D eigenvalue weighted by Gasteiger charge is -2.08. The van der Waals surface area contributed by atoms with Crippen LogP contribution in [0, 0.1) is 0 Å². The summed E-state index contributed by atoms with van der Waals surface area (Å²) in [7, 11) is 2.98. The molecule has 0 radical (unpaired) electrons. The molecule has 0 atom stereocenters. The van der Waals surface area contributed by atoms with Gasteiger partial charge in [0.25, 0.3) is 0 Å². The highest BCUT2D eigenvalue weighted by molar-refractivity contribution is 6.21. The highest BCUT2D eigenvalue weighted by Gasteiger charge is 2.13. The van der Waals surface area contributed by atoms with Crippen molar-refractivity contribution in [3.63, 3.8) is 0 Å². The minimum atomic E-state index is -0.373. The SMILES string of the molecule is COC(=O)C(=Cc1ccccc1OC)c1ccccc1. The minimum absolute atomic E-state index is 0.373. The van der Waals surface area contributed by atoms with Gasteiger partial charge in [-0.15, -0.1) is 0 Å². The first kappa shape index (κ1) is 13.9. The lowest BCUT2D eigenvalue weighted by molar-refractivity contribution is -0.133. The van der Waals surface area contributed by atoms with Crippen LogP contribution >= 0.6 is 0 Å². The Labute approximate surface area is 118 Å². The van der Waals surface area contributed by atoms with Crippen molar-refractivity contribution in [2.24, 2.45) is 0 Å². The molecule has 0 bridgehead atoms. The fourth-order valence-electron chi connectivity index (χ4n) is 1.93. The predicted molar refractivity (Wildman–Crippen MR) is 79.3 cm³/mol. The standard InChI is InChI=1S/C17H16O3/c1-19-16-11-7-6-10-14(16)12-15(17(18)20-2)13-8-4-3-5-9-13/h3-12H,1-2H3. The summed E-state index contributed by atoms with van der Waals surface area (Å²) in [6.07, 6.45) is 1.78. The first-order valence-electron chi connectivity index (χ1n) is 6.24. The summed E-state index contributed by atoms with van der Waals surface area (Å²) < 4.78 is 10.2. The number of carbonyl (C=O) groups excluding carboxylic acids is 1. The van der Waals surface area contributed by atoms with Crippen molar-refractivity contribution in [3.05, 3.63) is 65.7 Å². The first-order chi connectivity index (χ1) is 9.76.